The Morgan fingerprint density at radius 1 is 1.27 bits per heavy atom. The van der Waals surface area contributed by atoms with Crippen molar-refractivity contribution in [3.8, 4) is 0 Å². The minimum atomic E-state index is -1.36. The largest absolute Gasteiger partial charge is 0.480 e. The topological polar surface area (TPSA) is 108 Å². The zero-order valence-corrected chi connectivity index (χ0v) is 14.6. The molecular formula is C15H29NO6. The van der Waals surface area contributed by atoms with Crippen molar-refractivity contribution in [1.29, 1.82) is 0 Å². The summed E-state index contributed by atoms with van der Waals surface area (Å²) in [4.78, 5) is 21.1. The lowest BCUT2D eigenvalue weighted by Crippen LogP contribution is -2.60. The van der Waals surface area contributed by atoms with Crippen LogP contribution in [-0.4, -0.2) is 46.7 Å². The van der Waals surface area contributed by atoms with E-state index in [2.05, 4.69) is 0 Å². The molecule has 7 nitrogen and oxygen atoms in total. The fourth-order valence-corrected chi connectivity index (χ4v) is 1.84. The van der Waals surface area contributed by atoms with Crippen LogP contribution < -0.4 is 5.73 Å². The SMILES string of the molecule is CC(=O)OC(C)(C)C.CC1(C)OCC[C@H](C(C)(N)C(=O)O)O1. The van der Waals surface area contributed by atoms with E-state index < -0.39 is 23.4 Å². The zero-order chi connectivity index (χ0) is 17.8. The molecule has 1 unspecified atom stereocenters. The Hall–Kier alpha value is -1.18. The van der Waals surface area contributed by atoms with E-state index in [9.17, 15) is 9.59 Å². The molecule has 0 aromatic carbocycles. The first-order chi connectivity index (χ1) is 9.67. The Labute approximate surface area is 132 Å². The lowest BCUT2D eigenvalue weighted by Gasteiger charge is -2.41. The fraction of sp³-hybridized carbons (Fsp3) is 0.867. The number of hydrogen-bond acceptors (Lipinski definition) is 6. The summed E-state index contributed by atoms with van der Waals surface area (Å²) in [6.07, 6.45) is -0.00771. The second-order valence-electron chi connectivity index (χ2n) is 6.94. The van der Waals surface area contributed by atoms with Crippen LogP contribution in [0.5, 0.6) is 0 Å². The van der Waals surface area contributed by atoms with Gasteiger partial charge in [-0.15, -0.1) is 0 Å². The smallest absolute Gasteiger partial charge is 0.326 e. The number of carbonyl (C=O) groups is 2. The van der Waals surface area contributed by atoms with Gasteiger partial charge in [0.2, 0.25) is 0 Å². The van der Waals surface area contributed by atoms with Crippen molar-refractivity contribution in [3.63, 3.8) is 0 Å². The molecule has 1 fully saturated rings. The third-order valence-electron chi connectivity index (χ3n) is 2.84. The fourth-order valence-electron chi connectivity index (χ4n) is 1.84. The highest BCUT2D eigenvalue weighted by Crippen LogP contribution is 2.27. The molecule has 1 aliphatic heterocycles. The lowest BCUT2D eigenvalue weighted by molar-refractivity contribution is -0.283. The summed E-state index contributed by atoms with van der Waals surface area (Å²) in [6, 6.07) is 0. The van der Waals surface area contributed by atoms with Gasteiger partial charge >= 0.3 is 11.9 Å². The van der Waals surface area contributed by atoms with Gasteiger partial charge in [-0.3, -0.25) is 9.59 Å². The molecule has 3 N–H and O–H groups in total. The monoisotopic (exact) mass is 319 g/mol. The van der Waals surface area contributed by atoms with Crippen LogP contribution in [0.4, 0.5) is 0 Å². The number of hydrogen-bond donors (Lipinski definition) is 2. The summed E-state index contributed by atoms with van der Waals surface area (Å²) in [5.74, 6) is -2.03. The van der Waals surface area contributed by atoms with E-state index in [1.165, 1.54) is 13.8 Å². The molecule has 2 atom stereocenters. The highest BCUT2D eigenvalue weighted by Gasteiger charge is 2.43. The first-order valence-electron chi connectivity index (χ1n) is 7.21. The highest BCUT2D eigenvalue weighted by molar-refractivity contribution is 5.78. The Bertz CT molecular complexity index is 397. The first-order valence-corrected chi connectivity index (χ1v) is 7.21. The molecule has 0 radical (unpaired) electrons. The van der Waals surface area contributed by atoms with Gasteiger partial charge in [0, 0.05) is 6.92 Å². The number of ether oxygens (including phenoxy) is 3. The first kappa shape index (κ1) is 20.8. The number of esters is 1. The van der Waals surface area contributed by atoms with Gasteiger partial charge in [0.15, 0.2) is 5.79 Å². The molecule has 1 aliphatic rings. The van der Waals surface area contributed by atoms with Crippen molar-refractivity contribution >= 4 is 11.9 Å². The van der Waals surface area contributed by atoms with Crippen LogP contribution in [0.1, 0.15) is 54.9 Å². The molecule has 1 rings (SSSR count). The van der Waals surface area contributed by atoms with E-state index in [0.29, 0.717) is 13.0 Å². The summed E-state index contributed by atoms with van der Waals surface area (Å²) >= 11 is 0. The molecule has 0 aromatic heterocycles. The number of rotatable bonds is 2. The summed E-state index contributed by atoms with van der Waals surface area (Å²) in [7, 11) is 0. The van der Waals surface area contributed by atoms with Crippen LogP contribution in [-0.2, 0) is 23.8 Å². The Kier molecular flexibility index (Phi) is 6.99. The van der Waals surface area contributed by atoms with Crippen LogP contribution in [0, 0.1) is 0 Å². The maximum Gasteiger partial charge on any atom is 0.326 e. The van der Waals surface area contributed by atoms with Crippen molar-refractivity contribution < 1.29 is 28.9 Å². The molecule has 1 heterocycles. The van der Waals surface area contributed by atoms with Gasteiger partial charge < -0.3 is 25.1 Å². The molecule has 7 heteroatoms. The second-order valence-corrected chi connectivity index (χ2v) is 6.94. The summed E-state index contributed by atoms with van der Waals surface area (Å²) in [5, 5.41) is 8.92. The van der Waals surface area contributed by atoms with Crippen molar-refractivity contribution in [2.75, 3.05) is 6.61 Å². The van der Waals surface area contributed by atoms with Gasteiger partial charge in [-0.05, 0) is 48.0 Å². The summed E-state index contributed by atoms with van der Waals surface area (Å²) < 4.78 is 15.6. The van der Waals surface area contributed by atoms with Gasteiger partial charge in [-0.1, -0.05) is 0 Å². The molecule has 0 saturated carbocycles. The molecule has 0 amide bonds. The average Bonchev–Trinajstić information content (AvgIpc) is 2.24. The maximum absolute atomic E-state index is 10.9. The zero-order valence-electron chi connectivity index (χ0n) is 14.6. The molecule has 1 saturated heterocycles. The molecule has 0 spiro atoms. The van der Waals surface area contributed by atoms with Crippen molar-refractivity contribution in [2.24, 2.45) is 5.73 Å². The molecule has 0 bridgehead atoms. The van der Waals surface area contributed by atoms with Gasteiger partial charge in [0.25, 0.3) is 0 Å². The number of aliphatic carboxylic acids is 1. The lowest BCUT2D eigenvalue weighted by atomic mass is 9.93. The molecule has 0 aromatic rings. The maximum atomic E-state index is 10.9. The van der Waals surface area contributed by atoms with E-state index in [1.807, 2.05) is 20.8 Å². The van der Waals surface area contributed by atoms with Gasteiger partial charge in [0.1, 0.15) is 11.1 Å². The van der Waals surface area contributed by atoms with Gasteiger partial charge in [-0.2, -0.15) is 0 Å². The van der Waals surface area contributed by atoms with Crippen LogP contribution in [0.3, 0.4) is 0 Å². The number of carboxylic acid groups (broad SMARTS) is 1. The predicted octanol–water partition coefficient (Wildman–Crippen LogP) is 1.68. The van der Waals surface area contributed by atoms with Gasteiger partial charge in [0.05, 0.1) is 12.7 Å². The molecule has 22 heavy (non-hydrogen) atoms. The van der Waals surface area contributed by atoms with E-state index in [4.69, 9.17) is 25.1 Å². The Morgan fingerprint density at radius 2 is 1.77 bits per heavy atom. The standard InChI is InChI=1S/C9H17NO4.C6H12O2/c1-8(2)13-5-4-6(14-8)9(3,10)7(11)12;1-5(7)8-6(2,3)4/h6H,4-5,10H2,1-3H3,(H,11,12);1-4H3/t6-,9?;/m1./s1. The van der Waals surface area contributed by atoms with E-state index in [-0.39, 0.29) is 11.6 Å². The predicted molar refractivity (Wildman–Crippen MR) is 81.3 cm³/mol. The van der Waals surface area contributed by atoms with Gasteiger partial charge in [-0.25, -0.2) is 0 Å². The van der Waals surface area contributed by atoms with Crippen molar-refractivity contribution in [1.82, 2.24) is 0 Å². The highest BCUT2D eigenvalue weighted by atomic mass is 16.7. The Morgan fingerprint density at radius 3 is 2.05 bits per heavy atom. The van der Waals surface area contributed by atoms with Crippen LogP contribution >= 0.6 is 0 Å². The van der Waals surface area contributed by atoms with E-state index in [1.54, 1.807) is 13.8 Å². The van der Waals surface area contributed by atoms with Crippen LogP contribution in [0.15, 0.2) is 0 Å². The van der Waals surface area contributed by atoms with E-state index >= 15 is 0 Å². The molecule has 0 aliphatic carbocycles. The average molecular weight is 319 g/mol. The minimum Gasteiger partial charge on any atom is -0.480 e. The number of nitrogens with two attached hydrogens (primary N) is 1. The second kappa shape index (κ2) is 7.39. The molecule has 130 valence electrons. The third-order valence-corrected chi connectivity index (χ3v) is 2.84. The minimum absolute atomic E-state index is 0.225. The Balaban J connectivity index is 0.000000472. The quantitative estimate of drug-likeness (QED) is 0.745. The summed E-state index contributed by atoms with van der Waals surface area (Å²) in [6.45, 7) is 12.4. The summed E-state index contributed by atoms with van der Waals surface area (Å²) in [5.41, 5.74) is 3.99. The number of carboxylic acids is 1. The van der Waals surface area contributed by atoms with Crippen molar-refractivity contribution in [2.45, 2.75) is 77.9 Å². The van der Waals surface area contributed by atoms with Crippen LogP contribution in [0.25, 0.3) is 0 Å². The van der Waals surface area contributed by atoms with Crippen LogP contribution in [0.2, 0.25) is 0 Å². The number of carbonyl (C=O) groups excluding carboxylic acids is 1. The van der Waals surface area contributed by atoms with E-state index in [0.717, 1.165) is 0 Å². The molecular weight excluding hydrogens is 290 g/mol. The van der Waals surface area contributed by atoms with Crippen molar-refractivity contribution in [3.05, 3.63) is 0 Å². The normalized spacial score (nSPS) is 23.5. The third kappa shape index (κ3) is 7.72.